The molecule has 3 aromatic rings. The van der Waals surface area contributed by atoms with E-state index in [-0.39, 0.29) is 5.91 Å². The Kier molecular flexibility index (Phi) is 4.96. The lowest BCUT2D eigenvalue weighted by atomic mass is 10.00. The van der Waals surface area contributed by atoms with Crippen LogP contribution in [0.5, 0.6) is 0 Å². The van der Waals surface area contributed by atoms with Gasteiger partial charge in [-0.3, -0.25) is 4.79 Å². The zero-order valence-electron chi connectivity index (χ0n) is 15.0. The fourth-order valence-electron chi connectivity index (χ4n) is 3.26. The molecule has 4 nitrogen and oxygen atoms in total. The first-order valence-electron chi connectivity index (χ1n) is 8.88. The van der Waals surface area contributed by atoms with Crippen LogP contribution in [0.3, 0.4) is 0 Å². The SMILES string of the molecule is CCc1cc2c(SCC(=O)N3CCc4ccccc4C3)nc(C)nc2s1. The van der Waals surface area contributed by atoms with Gasteiger partial charge in [0.1, 0.15) is 15.7 Å². The number of carbonyl (C=O) groups is 1. The Morgan fingerprint density at radius 1 is 1.27 bits per heavy atom. The number of thiophene rings is 1. The molecular formula is C20H21N3OS2. The summed E-state index contributed by atoms with van der Waals surface area (Å²) in [5.41, 5.74) is 2.63. The van der Waals surface area contributed by atoms with Gasteiger partial charge in [0.05, 0.1) is 5.75 Å². The zero-order chi connectivity index (χ0) is 18.1. The number of benzene rings is 1. The molecule has 0 bridgehead atoms. The number of hydrogen-bond donors (Lipinski definition) is 0. The lowest BCUT2D eigenvalue weighted by molar-refractivity contribution is -0.129. The molecule has 1 aromatic carbocycles. The molecule has 0 radical (unpaired) electrons. The monoisotopic (exact) mass is 383 g/mol. The minimum atomic E-state index is 0.180. The average molecular weight is 384 g/mol. The van der Waals surface area contributed by atoms with Gasteiger partial charge < -0.3 is 4.90 Å². The van der Waals surface area contributed by atoms with E-state index in [4.69, 9.17) is 0 Å². The Hall–Kier alpha value is -1.92. The number of amides is 1. The molecular weight excluding hydrogens is 362 g/mol. The summed E-state index contributed by atoms with van der Waals surface area (Å²) in [4.78, 5) is 26.2. The molecule has 134 valence electrons. The van der Waals surface area contributed by atoms with Gasteiger partial charge in [0.25, 0.3) is 0 Å². The number of aryl methyl sites for hydroxylation is 2. The molecule has 0 saturated carbocycles. The van der Waals surface area contributed by atoms with E-state index in [1.54, 1.807) is 11.3 Å². The van der Waals surface area contributed by atoms with Crippen molar-refractivity contribution in [2.24, 2.45) is 0 Å². The summed E-state index contributed by atoms with van der Waals surface area (Å²) in [6.07, 6.45) is 1.93. The van der Waals surface area contributed by atoms with Crippen molar-refractivity contribution < 1.29 is 4.79 Å². The van der Waals surface area contributed by atoms with Crippen LogP contribution in [0.4, 0.5) is 0 Å². The Morgan fingerprint density at radius 2 is 2.08 bits per heavy atom. The first kappa shape index (κ1) is 17.5. The number of carbonyl (C=O) groups excluding carboxylic acids is 1. The minimum absolute atomic E-state index is 0.180. The van der Waals surface area contributed by atoms with Crippen LogP contribution in [-0.2, 0) is 24.2 Å². The number of nitrogens with zero attached hydrogens (tertiary/aromatic N) is 3. The third-order valence-corrected chi connectivity index (χ3v) is 6.83. The third-order valence-electron chi connectivity index (χ3n) is 4.68. The molecule has 0 spiro atoms. The Morgan fingerprint density at radius 3 is 2.88 bits per heavy atom. The van der Waals surface area contributed by atoms with Crippen molar-refractivity contribution in [1.82, 2.24) is 14.9 Å². The molecule has 1 aliphatic rings. The summed E-state index contributed by atoms with van der Waals surface area (Å²) >= 11 is 3.26. The normalized spacial score (nSPS) is 13.8. The van der Waals surface area contributed by atoms with Gasteiger partial charge >= 0.3 is 0 Å². The standard InChI is InChI=1S/C20H21N3OS2/c1-3-16-10-17-19(21-13(2)22-20(17)26-16)25-12-18(24)23-9-8-14-6-4-5-7-15(14)11-23/h4-7,10H,3,8-9,11-12H2,1-2H3. The van der Waals surface area contributed by atoms with Gasteiger partial charge in [0.2, 0.25) is 5.91 Å². The van der Waals surface area contributed by atoms with E-state index in [9.17, 15) is 4.79 Å². The molecule has 0 atom stereocenters. The lowest BCUT2D eigenvalue weighted by Gasteiger charge is -2.28. The van der Waals surface area contributed by atoms with Crippen LogP contribution in [0.25, 0.3) is 10.2 Å². The van der Waals surface area contributed by atoms with Crippen LogP contribution >= 0.6 is 23.1 Å². The molecule has 0 fully saturated rings. The summed E-state index contributed by atoms with van der Waals surface area (Å²) in [7, 11) is 0. The molecule has 1 amide bonds. The fourth-order valence-corrected chi connectivity index (χ4v) is 5.29. The molecule has 1 aliphatic heterocycles. The van der Waals surface area contributed by atoms with Crippen LogP contribution in [0, 0.1) is 6.92 Å². The van der Waals surface area contributed by atoms with Gasteiger partial charge in [-0.2, -0.15) is 0 Å². The molecule has 4 rings (SSSR count). The van der Waals surface area contributed by atoms with E-state index in [0.717, 1.165) is 40.5 Å². The highest BCUT2D eigenvalue weighted by atomic mass is 32.2. The van der Waals surface area contributed by atoms with E-state index in [2.05, 4.69) is 41.2 Å². The summed E-state index contributed by atoms with van der Waals surface area (Å²) < 4.78 is 0. The maximum Gasteiger partial charge on any atom is 0.233 e. The van der Waals surface area contributed by atoms with Crippen molar-refractivity contribution in [2.45, 2.75) is 38.3 Å². The Balaban J connectivity index is 1.48. The van der Waals surface area contributed by atoms with Crippen molar-refractivity contribution in [3.05, 3.63) is 52.2 Å². The van der Waals surface area contributed by atoms with Crippen LogP contribution in [-0.4, -0.2) is 33.1 Å². The van der Waals surface area contributed by atoms with Gasteiger partial charge in [-0.15, -0.1) is 11.3 Å². The van der Waals surface area contributed by atoms with E-state index >= 15 is 0 Å². The maximum atomic E-state index is 12.7. The molecule has 0 saturated heterocycles. The van der Waals surface area contributed by atoms with Gasteiger partial charge in [0, 0.05) is 23.4 Å². The van der Waals surface area contributed by atoms with Gasteiger partial charge in [0.15, 0.2) is 0 Å². The Labute approximate surface area is 161 Å². The van der Waals surface area contributed by atoms with Crippen molar-refractivity contribution >= 4 is 39.2 Å². The topological polar surface area (TPSA) is 46.1 Å². The van der Waals surface area contributed by atoms with Crippen molar-refractivity contribution in [1.29, 1.82) is 0 Å². The predicted molar refractivity (Wildman–Crippen MR) is 108 cm³/mol. The molecule has 6 heteroatoms. The molecule has 2 aromatic heterocycles. The lowest BCUT2D eigenvalue weighted by Crippen LogP contribution is -2.37. The molecule has 26 heavy (non-hydrogen) atoms. The predicted octanol–water partition coefficient (Wildman–Crippen LogP) is 4.24. The molecule has 0 aliphatic carbocycles. The van der Waals surface area contributed by atoms with Gasteiger partial charge in [-0.25, -0.2) is 9.97 Å². The number of rotatable bonds is 4. The van der Waals surface area contributed by atoms with Crippen LogP contribution < -0.4 is 0 Å². The van der Waals surface area contributed by atoms with Crippen molar-refractivity contribution in [3.63, 3.8) is 0 Å². The second kappa shape index (κ2) is 7.37. The summed E-state index contributed by atoms with van der Waals surface area (Å²) in [6.45, 7) is 5.58. The number of thioether (sulfide) groups is 1. The van der Waals surface area contributed by atoms with Crippen molar-refractivity contribution in [3.8, 4) is 0 Å². The van der Waals surface area contributed by atoms with E-state index in [1.807, 2.05) is 17.9 Å². The Bertz CT molecular complexity index is 967. The van der Waals surface area contributed by atoms with Crippen LogP contribution in [0.1, 0.15) is 28.8 Å². The van der Waals surface area contributed by atoms with Crippen LogP contribution in [0.15, 0.2) is 35.4 Å². The highest BCUT2D eigenvalue weighted by Gasteiger charge is 2.21. The first-order chi connectivity index (χ1) is 12.6. The van der Waals surface area contributed by atoms with Gasteiger partial charge in [-0.05, 0) is 37.0 Å². The van der Waals surface area contributed by atoms with E-state index < -0.39 is 0 Å². The maximum absolute atomic E-state index is 12.7. The average Bonchev–Trinajstić information content (AvgIpc) is 3.08. The number of fused-ring (bicyclic) bond motifs is 2. The summed E-state index contributed by atoms with van der Waals surface area (Å²) in [5, 5.41) is 2.01. The quantitative estimate of drug-likeness (QED) is 0.499. The largest absolute Gasteiger partial charge is 0.337 e. The van der Waals surface area contributed by atoms with Gasteiger partial charge in [-0.1, -0.05) is 43.0 Å². The smallest absolute Gasteiger partial charge is 0.233 e. The number of aromatic nitrogens is 2. The molecule has 0 unspecified atom stereocenters. The molecule has 0 N–H and O–H groups in total. The summed E-state index contributed by atoms with van der Waals surface area (Å²) in [6, 6.07) is 10.6. The highest BCUT2D eigenvalue weighted by molar-refractivity contribution is 8.00. The first-order valence-corrected chi connectivity index (χ1v) is 10.7. The minimum Gasteiger partial charge on any atom is -0.337 e. The zero-order valence-corrected chi connectivity index (χ0v) is 16.6. The van der Waals surface area contributed by atoms with E-state index in [0.29, 0.717) is 12.3 Å². The highest BCUT2D eigenvalue weighted by Crippen LogP contribution is 2.32. The number of hydrogen-bond acceptors (Lipinski definition) is 5. The van der Waals surface area contributed by atoms with Crippen molar-refractivity contribution in [2.75, 3.05) is 12.3 Å². The second-order valence-electron chi connectivity index (χ2n) is 6.48. The van der Waals surface area contributed by atoms with Crippen LogP contribution in [0.2, 0.25) is 0 Å². The van der Waals surface area contributed by atoms with E-state index in [1.165, 1.54) is 27.8 Å². The summed E-state index contributed by atoms with van der Waals surface area (Å²) in [5.74, 6) is 1.37. The second-order valence-corrected chi connectivity index (χ2v) is 8.56. The third kappa shape index (κ3) is 3.48. The fraction of sp³-hybridized carbons (Fsp3) is 0.350. The molecule has 3 heterocycles.